The minimum atomic E-state index is 0. The summed E-state index contributed by atoms with van der Waals surface area (Å²) in [5, 5.41) is 1.13. The van der Waals surface area contributed by atoms with Crippen LogP contribution in [0.1, 0.15) is 6.99 Å². The molecule has 0 aliphatic heterocycles. The molecule has 1 nitrogen and oxygen atoms in total. The van der Waals surface area contributed by atoms with Crippen molar-refractivity contribution in [2.24, 2.45) is 5.73 Å². The largest absolute Gasteiger partial charge is 0.326 e. The van der Waals surface area contributed by atoms with Gasteiger partial charge in [0.25, 0.3) is 0 Å². The Balaban J connectivity index is 0.000001000. The molecule has 0 amide bonds. The molecule has 0 fully saturated rings. The number of hydrogen-bond acceptors (Lipinski definition) is 1. The lowest BCUT2D eigenvalue weighted by atomic mass is 10.2. The van der Waals surface area contributed by atoms with Gasteiger partial charge in [-0.15, -0.1) is 0 Å². The molecule has 2 N–H and O–H groups in total. The third kappa shape index (κ3) is 1.63. The Bertz CT molecular complexity index is 240. The standard InChI is InChI=1S/C7H7Cl2N.H2/c8-6-2-1-5(4-10)3-7(6)9;/h1-3H,4,10H2;1H. The monoisotopic (exact) mass is 177 g/mol. The van der Waals surface area contributed by atoms with Crippen molar-refractivity contribution in [1.82, 2.24) is 0 Å². The SMILES string of the molecule is NCc1ccc(Cl)c(Cl)c1.[HH]. The van der Waals surface area contributed by atoms with Crippen molar-refractivity contribution in [1.29, 1.82) is 0 Å². The summed E-state index contributed by atoms with van der Waals surface area (Å²) < 4.78 is 0. The number of rotatable bonds is 1. The number of halogens is 2. The van der Waals surface area contributed by atoms with Gasteiger partial charge >= 0.3 is 0 Å². The van der Waals surface area contributed by atoms with Crippen LogP contribution in [0, 0.1) is 0 Å². The van der Waals surface area contributed by atoms with E-state index in [1.165, 1.54) is 0 Å². The summed E-state index contributed by atoms with van der Waals surface area (Å²) in [4.78, 5) is 0. The van der Waals surface area contributed by atoms with Gasteiger partial charge in [-0.25, -0.2) is 0 Å². The zero-order chi connectivity index (χ0) is 7.56. The van der Waals surface area contributed by atoms with Crippen molar-refractivity contribution in [3.8, 4) is 0 Å². The van der Waals surface area contributed by atoms with E-state index in [0.717, 1.165) is 5.56 Å². The van der Waals surface area contributed by atoms with Crippen LogP contribution in [-0.2, 0) is 6.54 Å². The van der Waals surface area contributed by atoms with E-state index in [4.69, 9.17) is 28.9 Å². The summed E-state index contributed by atoms with van der Waals surface area (Å²) in [5.41, 5.74) is 6.36. The van der Waals surface area contributed by atoms with Crippen LogP contribution in [0.2, 0.25) is 10.0 Å². The molecule has 0 bridgehead atoms. The lowest BCUT2D eigenvalue weighted by Gasteiger charge is -1.97. The highest BCUT2D eigenvalue weighted by molar-refractivity contribution is 6.41. The van der Waals surface area contributed by atoms with Crippen LogP contribution in [0.4, 0.5) is 0 Å². The molecule has 10 heavy (non-hydrogen) atoms. The first-order chi connectivity index (χ1) is 4.74. The first-order valence-corrected chi connectivity index (χ1v) is 3.63. The van der Waals surface area contributed by atoms with Crippen LogP contribution >= 0.6 is 23.2 Å². The van der Waals surface area contributed by atoms with Crippen LogP contribution < -0.4 is 5.73 Å². The minimum absolute atomic E-state index is 0. The molecule has 0 aliphatic rings. The predicted octanol–water partition coefficient (Wildman–Crippen LogP) is 2.70. The zero-order valence-corrected chi connectivity index (χ0v) is 6.78. The van der Waals surface area contributed by atoms with E-state index in [-0.39, 0.29) is 1.43 Å². The molecule has 3 heteroatoms. The first-order valence-electron chi connectivity index (χ1n) is 2.88. The molecule has 0 radical (unpaired) electrons. The van der Waals surface area contributed by atoms with E-state index in [1.807, 2.05) is 6.07 Å². The van der Waals surface area contributed by atoms with E-state index >= 15 is 0 Å². The Morgan fingerprint density at radius 1 is 1.30 bits per heavy atom. The Hall–Kier alpha value is -0.240. The first kappa shape index (κ1) is 7.86. The van der Waals surface area contributed by atoms with Gasteiger partial charge in [0.15, 0.2) is 0 Å². The molecule has 1 aromatic rings. The molecule has 0 heterocycles. The molecule has 0 unspecified atom stereocenters. The maximum Gasteiger partial charge on any atom is 0.0595 e. The average molecular weight is 178 g/mol. The van der Waals surface area contributed by atoms with Crippen LogP contribution in [0.15, 0.2) is 18.2 Å². The fraction of sp³-hybridized carbons (Fsp3) is 0.143. The van der Waals surface area contributed by atoms with Crippen molar-refractivity contribution in [3.05, 3.63) is 33.8 Å². The Morgan fingerprint density at radius 2 is 2.00 bits per heavy atom. The van der Waals surface area contributed by atoms with Gasteiger partial charge < -0.3 is 5.73 Å². The molecule has 56 valence electrons. The lowest BCUT2D eigenvalue weighted by molar-refractivity contribution is 1.07. The number of benzene rings is 1. The maximum atomic E-state index is 5.71. The molecular weight excluding hydrogens is 169 g/mol. The van der Waals surface area contributed by atoms with Gasteiger partial charge in [0.2, 0.25) is 0 Å². The second-order valence-corrected chi connectivity index (χ2v) is 2.77. The highest BCUT2D eigenvalue weighted by Crippen LogP contribution is 2.21. The van der Waals surface area contributed by atoms with Crippen LogP contribution in [0.25, 0.3) is 0 Å². The second-order valence-electron chi connectivity index (χ2n) is 1.95. The number of hydrogen-bond donors (Lipinski definition) is 1. The van der Waals surface area contributed by atoms with Gasteiger partial charge in [-0.3, -0.25) is 0 Å². The van der Waals surface area contributed by atoms with Gasteiger partial charge in [0.1, 0.15) is 0 Å². The van der Waals surface area contributed by atoms with Crippen LogP contribution in [-0.4, -0.2) is 0 Å². The fourth-order valence-corrected chi connectivity index (χ4v) is 0.987. The lowest BCUT2D eigenvalue weighted by Crippen LogP contribution is -1.95. The smallest absolute Gasteiger partial charge is 0.0595 e. The van der Waals surface area contributed by atoms with Crippen LogP contribution in [0.5, 0.6) is 0 Å². The zero-order valence-electron chi connectivity index (χ0n) is 5.27. The Labute approximate surface area is 71.2 Å². The maximum absolute atomic E-state index is 5.71. The normalized spacial score (nSPS) is 9.90. The van der Waals surface area contributed by atoms with Crippen molar-refractivity contribution in [2.75, 3.05) is 0 Å². The average Bonchev–Trinajstić information content (AvgIpc) is 1.95. The van der Waals surface area contributed by atoms with E-state index < -0.39 is 0 Å². The molecule has 0 saturated heterocycles. The molecule has 0 aromatic heterocycles. The van der Waals surface area contributed by atoms with Crippen molar-refractivity contribution in [2.45, 2.75) is 6.54 Å². The van der Waals surface area contributed by atoms with E-state index in [2.05, 4.69) is 0 Å². The van der Waals surface area contributed by atoms with Crippen molar-refractivity contribution >= 4 is 23.2 Å². The molecule has 0 spiro atoms. The summed E-state index contributed by atoms with van der Waals surface area (Å²) >= 11 is 11.4. The highest BCUT2D eigenvalue weighted by atomic mass is 35.5. The van der Waals surface area contributed by atoms with Gasteiger partial charge in [-0.2, -0.15) is 0 Å². The van der Waals surface area contributed by atoms with Gasteiger partial charge in [0.05, 0.1) is 10.0 Å². The second kappa shape index (κ2) is 3.24. The van der Waals surface area contributed by atoms with Crippen molar-refractivity contribution < 1.29 is 1.43 Å². The molecule has 0 atom stereocenters. The summed E-state index contributed by atoms with van der Waals surface area (Å²) in [5.74, 6) is 0. The van der Waals surface area contributed by atoms with Gasteiger partial charge in [0, 0.05) is 7.97 Å². The van der Waals surface area contributed by atoms with E-state index in [0.29, 0.717) is 16.6 Å². The Kier molecular flexibility index (Phi) is 2.55. The Morgan fingerprint density at radius 3 is 2.50 bits per heavy atom. The summed E-state index contributed by atoms with van der Waals surface area (Å²) in [6, 6.07) is 5.37. The molecule has 0 aliphatic carbocycles. The van der Waals surface area contributed by atoms with Crippen molar-refractivity contribution in [3.63, 3.8) is 0 Å². The molecule has 0 saturated carbocycles. The molecule has 1 rings (SSSR count). The molecule has 1 aromatic carbocycles. The van der Waals surface area contributed by atoms with Crippen LogP contribution in [0.3, 0.4) is 0 Å². The third-order valence-electron chi connectivity index (χ3n) is 1.22. The predicted molar refractivity (Wildman–Crippen MR) is 46.5 cm³/mol. The highest BCUT2D eigenvalue weighted by Gasteiger charge is 1.96. The molecular formula is C7H9Cl2N. The summed E-state index contributed by atoms with van der Waals surface area (Å²) in [6.45, 7) is 0.497. The number of nitrogens with two attached hydrogens (primary N) is 1. The van der Waals surface area contributed by atoms with E-state index in [9.17, 15) is 0 Å². The summed E-state index contributed by atoms with van der Waals surface area (Å²) in [7, 11) is 0. The third-order valence-corrected chi connectivity index (χ3v) is 1.96. The minimum Gasteiger partial charge on any atom is -0.326 e. The summed E-state index contributed by atoms with van der Waals surface area (Å²) in [6.07, 6.45) is 0. The fourth-order valence-electron chi connectivity index (χ4n) is 0.667. The quantitative estimate of drug-likeness (QED) is 0.702. The topological polar surface area (TPSA) is 26.0 Å². The van der Waals surface area contributed by atoms with Gasteiger partial charge in [-0.1, -0.05) is 29.3 Å². The van der Waals surface area contributed by atoms with Gasteiger partial charge in [-0.05, 0) is 17.7 Å². The van der Waals surface area contributed by atoms with E-state index in [1.54, 1.807) is 12.1 Å².